The van der Waals surface area contributed by atoms with E-state index in [-0.39, 0.29) is 17.0 Å². The zero-order chi connectivity index (χ0) is 14.0. The van der Waals surface area contributed by atoms with Crippen molar-refractivity contribution in [2.45, 2.75) is 23.4 Å². The van der Waals surface area contributed by atoms with Crippen LogP contribution in [0.2, 0.25) is 0 Å². The highest BCUT2D eigenvalue weighted by Gasteiger charge is 2.22. The van der Waals surface area contributed by atoms with E-state index in [9.17, 15) is 4.79 Å². The summed E-state index contributed by atoms with van der Waals surface area (Å²) in [7, 11) is 1.69. The third kappa shape index (κ3) is 3.10. The molecule has 2 unspecified atom stereocenters. The average Bonchev–Trinajstić information content (AvgIpc) is 2.68. The van der Waals surface area contributed by atoms with Crippen LogP contribution in [0.5, 0.6) is 0 Å². The minimum atomic E-state index is -0.224. The number of aromatic nitrogens is 3. The molecule has 0 fully saturated rings. The van der Waals surface area contributed by atoms with E-state index in [0.29, 0.717) is 5.16 Å². The number of hydrogen-bond acceptors (Lipinski definition) is 4. The van der Waals surface area contributed by atoms with E-state index in [2.05, 4.69) is 26.1 Å². The second-order valence-corrected chi connectivity index (χ2v) is 6.25. The van der Waals surface area contributed by atoms with E-state index in [1.54, 1.807) is 7.05 Å². The molecule has 2 rings (SSSR count). The highest BCUT2D eigenvalue weighted by atomic mass is 79.9. The fraction of sp³-hybridized carbons (Fsp3) is 0.333. The molecule has 0 amide bonds. The molecule has 0 saturated heterocycles. The largest absolute Gasteiger partial charge is 0.343 e. The van der Waals surface area contributed by atoms with E-state index in [4.69, 9.17) is 5.73 Å². The maximum atomic E-state index is 11.4. The van der Waals surface area contributed by atoms with Gasteiger partial charge in [-0.25, -0.2) is 9.89 Å². The van der Waals surface area contributed by atoms with Gasteiger partial charge in [0.25, 0.3) is 0 Å². The van der Waals surface area contributed by atoms with Crippen LogP contribution in [0, 0.1) is 0 Å². The van der Waals surface area contributed by atoms with Crippen LogP contribution in [0.3, 0.4) is 0 Å². The predicted octanol–water partition coefficient (Wildman–Crippen LogP) is 2.05. The fourth-order valence-electron chi connectivity index (χ4n) is 1.71. The lowest BCUT2D eigenvalue weighted by atomic mass is 10.1. The van der Waals surface area contributed by atoms with Gasteiger partial charge < -0.3 is 5.73 Å². The zero-order valence-corrected chi connectivity index (χ0v) is 13.0. The number of nitrogens with two attached hydrogens (primary N) is 1. The minimum Gasteiger partial charge on any atom is -0.327 e. The summed E-state index contributed by atoms with van der Waals surface area (Å²) in [5.74, 6) is 0. The monoisotopic (exact) mass is 342 g/mol. The summed E-state index contributed by atoms with van der Waals surface area (Å²) in [5, 5.41) is 7.09. The second-order valence-electron chi connectivity index (χ2n) is 4.29. The molecule has 2 aromatic rings. The Labute approximate surface area is 123 Å². The van der Waals surface area contributed by atoms with Gasteiger partial charge in [0.2, 0.25) is 0 Å². The molecule has 0 spiro atoms. The number of halogens is 1. The minimum absolute atomic E-state index is 0.0180. The van der Waals surface area contributed by atoms with Crippen molar-refractivity contribution in [3.8, 4) is 0 Å². The topological polar surface area (TPSA) is 76.7 Å². The summed E-state index contributed by atoms with van der Waals surface area (Å²) in [6, 6.07) is 7.86. The molecular formula is C12H15BrN4OS. The van der Waals surface area contributed by atoms with Crippen molar-refractivity contribution in [2.24, 2.45) is 12.8 Å². The first-order valence-electron chi connectivity index (χ1n) is 5.78. The van der Waals surface area contributed by atoms with Crippen molar-refractivity contribution in [3.63, 3.8) is 0 Å². The van der Waals surface area contributed by atoms with Gasteiger partial charge in [-0.15, -0.1) is 5.10 Å². The van der Waals surface area contributed by atoms with Gasteiger partial charge in [-0.2, -0.15) is 0 Å². The van der Waals surface area contributed by atoms with Gasteiger partial charge in [-0.3, -0.25) is 4.57 Å². The Hall–Kier alpha value is -1.05. The number of benzene rings is 1. The Morgan fingerprint density at radius 1 is 1.47 bits per heavy atom. The number of nitrogens with zero attached hydrogens (tertiary/aromatic N) is 2. The second kappa shape index (κ2) is 5.94. The molecular weight excluding hydrogens is 328 g/mol. The Kier molecular flexibility index (Phi) is 4.49. The number of aromatic amines is 1. The molecule has 0 radical (unpaired) electrons. The molecule has 0 aliphatic heterocycles. The van der Waals surface area contributed by atoms with Gasteiger partial charge in [-0.05, 0) is 18.6 Å². The van der Waals surface area contributed by atoms with Crippen LogP contribution >= 0.6 is 27.7 Å². The van der Waals surface area contributed by atoms with Gasteiger partial charge in [0.1, 0.15) is 0 Å². The van der Waals surface area contributed by atoms with Crippen molar-refractivity contribution in [1.29, 1.82) is 0 Å². The average molecular weight is 343 g/mol. The summed E-state index contributed by atoms with van der Waals surface area (Å²) in [5.41, 5.74) is 6.95. The van der Waals surface area contributed by atoms with Gasteiger partial charge >= 0.3 is 5.69 Å². The smallest absolute Gasteiger partial charge is 0.327 e. The van der Waals surface area contributed by atoms with Gasteiger partial charge in [0, 0.05) is 17.6 Å². The van der Waals surface area contributed by atoms with Crippen LogP contribution in [0.1, 0.15) is 17.7 Å². The first kappa shape index (κ1) is 14.4. The van der Waals surface area contributed by atoms with Crippen LogP contribution in [-0.4, -0.2) is 20.8 Å². The maximum Gasteiger partial charge on any atom is 0.343 e. The lowest BCUT2D eigenvalue weighted by Gasteiger charge is -2.21. The number of H-pyrrole nitrogens is 1. The summed E-state index contributed by atoms with van der Waals surface area (Å²) in [6.45, 7) is 1.95. The molecule has 0 saturated carbocycles. The first-order valence-corrected chi connectivity index (χ1v) is 7.46. The van der Waals surface area contributed by atoms with Crippen molar-refractivity contribution >= 4 is 27.7 Å². The highest BCUT2D eigenvalue weighted by molar-refractivity contribution is 9.10. The Morgan fingerprint density at radius 2 is 2.16 bits per heavy atom. The van der Waals surface area contributed by atoms with Crippen LogP contribution in [0.25, 0.3) is 0 Å². The molecule has 19 heavy (non-hydrogen) atoms. The molecule has 1 aromatic carbocycles. The SMILES string of the molecule is CC(N)C(Sc1n[nH]c(=O)n1C)c1ccccc1Br. The molecule has 5 nitrogen and oxygen atoms in total. The zero-order valence-electron chi connectivity index (χ0n) is 10.6. The maximum absolute atomic E-state index is 11.4. The van der Waals surface area contributed by atoms with Crippen molar-refractivity contribution in [3.05, 3.63) is 44.8 Å². The van der Waals surface area contributed by atoms with Crippen molar-refractivity contribution in [1.82, 2.24) is 14.8 Å². The molecule has 1 heterocycles. The first-order chi connectivity index (χ1) is 9.00. The predicted molar refractivity (Wildman–Crippen MR) is 80.2 cm³/mol. The third-order valence-electron chi connectivity index (χ3n) is 2.76. The third-order valence-corrected chi connectivity index (χ3v) is 5.00. The quantitative estimate of drug-likeness (QED) is 0.833. The molecule has 2 atom stereocenters. The standard InChI is InChI=1S/C12H15BrN4OS/c1-7(14)10(8-5-3-4-6-9(8)13)19-12-16-15-11(18)17(12)2/h3-7,10H,14H2,1-2H3,(H,15,18). The van der Waals surface area contributed by atoms with E-state index >= 15 is 0 Å². The number of nitrogens with one attached hydrogen (secondary N) is 1. The van der Waals surface area contributed by atoms with Gasteiger partial charge in [0.15, 0.2) is 5.16 Å². The fourth-order valence-corrected chi connectivity index (χ4v) is 3.51. The summed E-state index contributed by atoms with van der Waals surface area (Å²) in [6.07, 6.45) is 0. The number of rotatable bonds is 4. The molecule has 0 aliphatic carbocycles. The normalized spacial score (nSPS) is 14.3. The van der Waals surface area contributed by atoms with Crippen LogP contribution in [-0.2, 0) is 7.05 Å². The Morgan fingerprint density at radius 3 is 2.68 bits per heavy atom. The Balaban J connectivity index is 2.35. The summed E-state index contributed by atoms with van der Waals surface area (Å²) in [4.78, 5) is 11.4. The summed E-state index contributed by atoms with van der Waals surface area (Å²) >= 11 is 5.01. The lowest BCUT2D eigenvalue weighted by molar-refractivity contribution is 0.705. The van der Waals surface area contributed by atoms with E-state index in [1.807, 2.05) is 31.2 Å². The molecule has 102 valence electrons. The van der Waals surface area contributed by atoms with Crippen molar-refractivity contribution in [2.75, 3.05) is 0 Å². The number of hydrogen-bond donors (Lipinski definition) is 2. The number of thioether (sulfide) groups is 1. The van der Waals surface area contributed by atoms with Gasteiger partial charge in [0.05, 0.1) is 5.25 Å². The molecule has 1 aromatic heterocycles. The van der Waals surface area contributed by atoms with Crippen molar-refractivity contribution < 1.29 is 0 Å². The van der Waals surface area contributed by atoms with E-state index < -0.39 is 0 Å². The van der Waals surface area contributed by atoms with Crippen LogP contribution in [0.15, 0.2) is 38.7 Å². The molecule has 3 N–H and O–H groups in total. The highest BCUT2D eigenvalue weighted by Crippen LogP contribution is 2.38. The van der Waals surface area contributed by atoms with E-state index in [0.717, 1.165) is 10.0 Å². The van der Waals surface area contributed by atoms with Gasteiger partial charge in [-0.1, -0.05) is 45.9 Å². The van der Waals surface area contributed by atoms with Crippen LogP contribution in [0.4, 0.5) is 0 Å². The van der Waals surface area contributed by atoms with E-state index in [1.165, 1.54) is 16.3 Å². The molecule has 7 heteroatoms. The van der Waals surface area contributed by atoms with Crippen LogP contribution < -0.4 is 11.4 Å². The molecule has 0 bridgehead atoms. The summed E-state index contributed by atoms with van der Waals surface area (Å²) < 4.78 is 2.49. The Bertz CT molecular complexity index is 622. The molecule has 0 aliphatic rings. The lowest BCUT2D eigenvalue weighted by Crippen LogP contribution is -2.23.